The van der Waals surface area contributed by atoms with E-state index in [0.717, 1.165) is 16.6 Å². The highest BCUT2D eigenvalue weighted by Crippen LogP contribution is 2.46. The van der Waals surface area contributed by atoms with Crippen molar-refractivity contribution in [2.45, 2.75) is 0 Å². The predicted octanol–water partition coefficient (Wildman–Crippen LogP) is 14.4. The topological polar surface area (TPSA) is 13.1 Å². The molecule has 0 unspecified atom stereocenters. The molecule has 0 spiro atoms. The molecule has 11 aromatic rings. The Balaban J connectivity index is 1.12. The van der Waals surface area contributed by atoms with Gasteiger partial charge in [0.2, 0.25) is 0 Å². The Bertz CT molecular complexity index is 3120. The number of furan rings is 1. The summed E-state index contributed by atoms with van der Waals surface area (Å²) in [5.74, 6) is 0. The van der Waals surface area contributed by atoms with Gasteiger partial charge in [0.05, 0.1) is 0 Å². The number of benzene rings is 10. The molecule has 11 rings (SSSR count). The molecule has 0 aliphatic heterocycles. The molecule has 0 atom stereocenters. The summed E-state index contributed by atoms with van der Waals surface area (Å²) in [4.78, 5) is 0. The average Bonchev–Trinajstić information content (AvgIpc) is 3.56. The van der Waals surface area contributed by atoms with Crippen LogP contribution in [0, 0.1) is 0 Å². The molecule has 1 nitrogen and oxygen atoms in total. The molecule has 1 heteroatoms. The summed E-state index contributed by atoms with van der Waals surface area (Å²) in [6.07, 6.45) is 0. The zero-order chi connectivity index (χ0) is 33.5. The third-order valence-electron chi connectivity index (χ3n) is 10.8. The minimum Gasteiger partial charge on any atom is -0.456 e. The van der Waals surface area contributed by atoms with Crippen LogP contribution in [0.3, 0.4) is 0 Å². The van der Waals surface area contributed by atoms with Crippen LogP contribution in [0.25, 0.3) is 109 Å². The first-order chi connectivity index (χ1) is 25.3. The smallest absolute Gasteiger partial charge is 0.136 e. The van der Waals surface area contributed by atoms with Crippen molar-refractivity contribution in [3.05, 3.63) is 182 Å². The van der Waals surface area contributed by atoms with Crippen molar-refractivity contribution in [1.29, 1.82) is 0 Å². The van der Waals surface area contributed by atoms with Crippen LogP contribution in [0.15, 0.2) is 186 Å². The Kier molecular flexibility index (Phi) is 6.02. The second-order valence-corrected chi connectivity index (χ2v) is 13.6. The van der Waals surface area contributed by atoms with Gasteiger partial charge in [-0.05, 0) is 105 Å². The van der Waals surface area contributed by atoms with Crippen molar-refractivity contribution in [1.82, 2.24) is 0 Å². The SMILES string of the molecule is c1ccc2cc3c(cc2c1)oc1cc(-c2ccc(-c4c5ccccc5c(-c5cccc6ccccc56)c5ccccc45)cc2)c2ccccc2c13. The molecule has 0 bridgehead atoms. The van der Waals surface area contributed by atoms with Crippen LogP contribution in [-0.4, -0.2) is 0 Å². The van der Waals surface area contributed by atoms with E-state index in [0.29, 0.717) is 0 Å². The third-order valence-corrected chi connectivity index (χ3v) is 10.8. The van der Waals surface area contributed by atoms with Crippen molar-refractivity contribution < 1.29 is 4.42 Å². The first-order valence-electron chi connectivity index (χ1n) is 17.6. The lowest BCUT2D eigenvalue weighted by Crippen LogP contribution is -1.91. The zero-order valence-corrected chi connectivity index (χ0v) is 27.7. The number of hydrogen-bond donors (Lipinski definition) is 0. The zero-order valence-electron chi connectivity index (χ0n) is 27.7. The fraction of sp³-hybridized carbons (Fsp3) is 0. The summed E-state index contributed by atoms with van der Waals surface area (Å²) in [7, 11) is 0. The normalized spacial score (nSPS) is 11.9. The maximum absolute atomic E-state index is 6.59. The summed E-state index contributed by atoms with van der Waals surface area (Å²) >= 11 is 0. The van der Waals surface area contributed by atoms with Crippen LogP contribution in [0.1, 0.15) is 0 Å². The van der Waals surface area contributed by atoms with Gasteiger partial charge in [0.1, 0.15) is 11.2 Å². The van der Waals surface area contributed by atoms with Gasteiger partial charge in [-0.1, -0.05) is 164 Å². The molecule has 0 fully saturated rings. The fourth-order valence-electron chi connectivity index (χ4n) is 8.55. The lowest BCUT2D eigenvalue weighted by molar-refractivity contribution is 0.670. The standard InChI is InChI=1S/C50H30O/c1-2-14-35-29-46-45(28-34(35)13-1)50-39-18-6-5-17-37(39)44(30-47(50)51-46)32-24-26-33(27-25-32)48-40-19-7-9-21-42(40)49(43-22-10-8-20-41(43)48)38-23-11-15-31-12-3-4-16-36(31)38/h1-30H. The van der Waals surface area contributed by atoms with E-state index in [1.54, 1.807) is 0 Å². The van der Waals surface area contributed by atoms with Crippen LogP contribution < -0.4 is 0 Å². The number of fused-ring (bicyclic) bond motifs is 9. The molecule has 236 valence electrons. The largest absolute Gasteiger partial charge is 0.456 e. The Morgan fingerprint density at radius 1 is 0.275 bits per heavy atom. The second-order valence-electron chi connectivity index (χ2n) is 13.6. The van der Waals surface area contributed by atoms with Gasteiger partial charge in [-0.3, -0.25) is 0 Å². The minimum atomic E-state index is 0.916. The molecule has 0 N–H and O–H groups in total. The predicted molar refractivity (Wildman–Crippen MR) is 218 cm³/mol. The summed E-state index contributed by atoms with van der Waals surface area (Å²) in [6.45, 7) is 0. The summed E-state index contributed by atoms with van der Waals surface area (Å²) in [6, 6.07) is 66.3. The van der Waals surface area contributed by atoms with E-state index in [1.807, 2.05) is 0 Å². The van der Waals surface area contributed by atoms with E-state index >= 15 is 0 Å². The molecule has 51 heavy (non-hydrogen) atoms. The number of rotatable bonds is 3. The van der Waals surface area contributed by atoms with Gasteiger partial charge in [-0.15, -0.1) is 0 Å². The molecule has 1 aromatic heterocycles. The van der Waals surface area contributed by atoms with Gasteiger partial charge in [-0.25, -0.2) is 0 Å². The van der Waals surface area contributed by atoms with Gasteiger partial charge in [0, 0.05) is 10.8 Å². The van der Waals surface area contributed by atoms with E-state index < -0.39 is 0 Å². The van der Waals surface area contributed by atoms with Crippen molar-refractivity contribution in [2.75, 3.05) is 0 Å². The molecule has 0 aliphatic carbocycles. The van der Waals surface area contributed by atoms with Crippen molar-refractivity contribution in [2.24, 2.45) is 0 Å². The van der Waals surface area contributed by atoms with E-state index in [4.69, 9.17) is 4.42 Å². The van der Waals surface area contributed by atoms with Crippen molar-refractivity contribution in [3.8, 4) is 33.4 Å². The Morgan fingerprint density at radius 3 is 1.47 bits per heavy atom. The molecular formula is C50H30O. The summed E-state index contributed by atoms with van der Waals surface area (Å²) < 4.78 is 6.59. The Hall–Kier alpha value is -6.70. The third kappa shape index (κ3) is 4.22. The highest BCUT2D eigenvalue weighted by atomic mass is 16.3. The summed E-state index contributed by atoms with van der Waals surface area (Å²) in [5, 5.41) is 14.8. The van der Waals surface area contributed by atoms with E-state index in [2.05, 4.69) is 182 Å². The fourth-order valence-corrected chi connectivity index (χ4v) is 8.55. The monoisotopic (exact) mass is 646 g/mol. The number of hydrogen-bond acceptors (Lipinski definition) is 1. The van der Waals surface area contributed by atoms with Crippen LogP contribution in [0.2, 0.25) is 0 Å². The van der Waals surface area contributed by atoms with Crippen LogP contribution in [-0.2, 0) is 0 Å². The second kappa shape index (κ2) is 10.9. The molecule has 0 saturated heterocycles. The highest BCUT2D eigenvalue weighted by Gasteiger charge is 2.19. The maximum Gasteiger partial charge on any atom is 0.136 e. The lowest BCUT2D eigenvalue weighted by atomic mass is 9.84. The molecule has 0 aliphatic rings. The molecular weight excluding hydrogens is 617 g/mol. The van der Waals surface area contributed by atoms with Crippen molar-refractivity contribution >= 4 is 75.8 Å². The van der Waals surface area contributed by atoms with E-state index in [9.17, 15) is 0 Å². The average molecular weight is 647 g/mol. The molecule has 0 amide bonds. The van der Waals surface area contributed by atoms with Gasteiger partial charge in [-0.2, -0.15) is 0 Å². The first kappa shape index (κ1) is 28.2. The van der Waals surface area contributed by atoms with Gasteiger partial charge in [0.25, 0.3) is 0 Å². The molecule has 10 aromatic carbocycles. The van der Waals surface area contributed by atoms with Crippen LogP contribution in [0.5, 0.6) is 0 Å². The lowest BCUT2D eigenvalue weighted by Gasteiger charge is -2.19. The van der Waals surface area contributed by atoms with Crippen LogP contribution >= 0.6 is 0 Å². The highest BCUT2D eigenvalue weighted by molar-refractivity contribution is 6.25. The van der Waals surface area contributed by atoms with E-state index in [-0.39, 0.29) is 0 Å². The van der Waals surface area contributed by atoms with Crippen molar-refractivity contribution in [3.63, 3.8) is 0 Å². The van der Waals surface area contributed by atoms with Gasteiger partial charge in [0.15, 0.2) is 0 Å². The molecule has 0 saturated carbocycles. The van der Waals surface area contributed by atoms with Crippen LogP contribution in [0.4, 0.5) is 0 Å². The summed E-state index contributed by atoms with van der Waals surface area (Å²) in [5.41, 5.74) is 9.21. The first-order valence-corrected chi connectivity index (χ1v) is 17.6. The molecule has 0 radical (unpaired) electrons. The Labute approximate surface area is 294 Å². The maximum atomic E-state index is 6.59. The molecule has 1 heterocycles. The van der Waals surface area contributed by atoms with Gasteiger partial charge < -0.3 is 4.42 Å². The minimum absolute atomic E-state index is 0.916. The quantitative estimate of drug-likeness (QED) is 0.174. The Morgan fingerprint density at radius 2 is 0.784 bits per heavy atom. The van der Waals surface area contributed by atoms with Gasteiger partial charge >= 0.3 is 0 Å². The van der Waals surface area contributed by atoms with E-state index in [1.165, 1.54) is 92.6 Å².